The molecule has 1 aliphatic heterocycles. The van der Waals surface area contributed by atoms with E-state index in [0.717, 1.165) is 6.07 Å². The molecule has 1 unspecified atom stereocenters. The lowest BCUT2D eigenvalue weighted by Crippen LogP contribution is -2.40. The Kier molecular flexibility index (Phi) is 4.23. The molecule has 1 atom stereocenters. The van der Waals surface area contributed by atoms with Gasteiger partial charge in [-0.2, -0.15) is 0 Å². The zero-order valence-electron chi connectivity index (χ0n) is 12.5. The Morgan fingerprint density at radius 3 is 2.70 bits per heavy atom. The number of fused-ring (bicyclic) bond motifs is 1. The van der Waals surface area contributed by atoms with E-state index in [9.17, 15) is 12.8 Å². The van der Waals surface area contributed by atoms with Crippen LogP contribution in [-0.4, -0.2) is 27.7 Å². The number of hydrogen-bond donors (Lipinski definition) is 1. The predicted molar refractivity (Wildman–Crippen MR) is 82.7 cm³/mol. The van der Waals surface area contributed by atoms with E-state index in [1.165, 1.54) is 12.1 Å². The first-order valence-electron chi connectivity index (χ1n) is 7.10. The Balaban J connectivity index is 1.68. The fourth-order valence-electron chi connectivity index (χ4n) is 2.36. The van der Waals surface area contributed by atoms with Crippen LogP contribution in [0.5, 0.6) is 11.5 Å². The van der Waals surface area contributed by atoms with Crippen molar-refractivity contribution in [3.63, 3.8) is 0 Å². The van der Waals surface area contributed by atoms with Gasteiger partial charge in [0.1, 0.15) is 18.5 Å². The summed E-state index contributed by atoms with van der Waals surface area (Å²) < 4.78 is 51.5. The number of rotatable bonds is 4. The molecular formula is C16H16FNO4S. The third kappa shape index (κ3) is 3.46. The average Bonchev–Trinajstić information content (AvgIpc) is 2.52. The molecule has 2 aromatic carbocycles. The van der Waals surface area contributed by atoms with Gasteiger partial charge in [-0.3, -0.25) is 0 Å². The molecule has 2 aromatic rings. The first-order valence-corrected chi connectivity index (χ1v) is 8.58. The van der Waals surface area contributed by atoms with E-state index < -0.39 is 21.9 Å². The van der Waals surface area contributed by atoms with Crippen LogP contribution >= 0.6 is 0 Å². The summed E-state index contributed by atoms with van der Waals surface area (Å²) in [5.74, 6) is 0.754. The van der Waals surface area contributed by atoms with Crippen LogP contribution in [0.1, 0.15) is 5.56 Å². The second kappa shape index (κ2) is 6.17. The highest BCUT2D eigenvalue weighted by atomic mass is 32.2. The van der Waals surface area contributed by atoms with Gasteiger partial charge in [-0.05, 0) is 42.8 Å². The Bertz CT molecular complexity index is 823. The molecule has 0 aromatic heterocycles. The second-order valence-electron chi connectivity index (χ2n) is 5.26. The summed E-state index contributed by atoms with van der Waals surface area (Å²) in [5, 5.41) is 0. The van der Waals surface area contributed by atoms with Gasteiger partial charge in [0, 0.05) is 0 Å². The number of para-hydroxylation sites is 2. The summed E-state index contributed by atoms with van der Waals surface area (Å²) in [4.78, 5) is 0.0519. The molecule has 7 heteroatoms. The van der Waals surface area contributed by atoms with Gasteiger partial charge in [0.05, 0.1) is 11.4 Å². The van der Waals surface area contributed by atoms with Gasteiger partial charge in [-0.25, -0.2) is 17.5 Å². The van der Waals surface area contributed by atoms with Gasteiger partial charge in [0.2, 0.25) is 10.0 Å². The molecule has 23 heavy (non-hydrogen) atoms. The summed E-state index contributed by atoms with van der Waals surface area (Å²) in [5.41, 5.74) is 0.351. The van der Waals surface area contributed by atoms with E-state index in [1.54, 1.807) is 19.1 Å². The Morgan fingerprint density at radius 1 is 1.22 bits per heavy atom. The van der Waals surface area contributed by atoms with E-state index in [-0.39, 0.29) is 18.0 Å². The molecule has 0 aliphatic carbocycles. The molecule has 1 aliphatic rings. The lowest BCUT2D eigenvalue weighted by atomic mass is 10.2. The number of nitrogens with one attached hydrogen (secondary N) is 1. The van der Waals surface area contributed by atoms with Crippen molar-refractivity contribution < 1.29 is 22.3 Å². The van der Waals surface area contributed by atoms with E-state index in [1.807, 2.05) is 12.1 Å². The normalized spacial score (nSPS) is 17.0. The molecule has 0 saturated carbocycles. The van der Waals surface area contributed by atoms with Crippen LogP contribution in [-0.2, 0) is 10.0 Å². The Hall–Kier alpha value is -2.12. The maximum absolute atomic E-state index is 13.1. The van der Waals surface area contributed by atoms with Gasteiger partial charge in [-0.1, -0.05) is 12.1 Å². The van der Waals surface area contributed by atoms with Crippen LogP contribution in [0, 0.1) is 12.7 Å². The maximum Gasteiger partial charge on any atom is 0.240 e. The number of halogens is 1. The number of aryl methyl sites for hydroxylation is 1. The first kappa shape index (κ1) is 15.8. The molecule has 122 valence electrons. The smallest absolute Gasteiger partial charge is 0.240 e. The molecule has 1 heterocycles. The highest BCUT2D eigenvalue weighted by molar-refractivity contribution is 7.89. The number of ether oxygens (including phenoxy) is 2. The minimum atomic E-state index is -3.74. The van der Waals surface area contributed by atoms with Crippen molar-refractivity contribution >= 4 is 10.0 Å². The quantitative estimate of drug-likeness (QED) is 0.929. The lowest BCUT2D eigenvalue weighted by molar-refractivity contribution is 0.0943. The highest BCUT2D eigenvalue weighted by Gasteiger charge is 2.24. The van der Waals surface area contributed by atoms with Gasteiger partial charge in [-0.15, -0.1) is 0 Å². The first-order chi connectivity index (χ1) is 11.0. The van der Waals surface area contributed by atoms with Crippen molar-refractivity contribution in [2.45, 2.75) is 17.9 Å². The molecule has 5 nitrogen and oxygen atoms in total. The predicted octanol–water partition coefficient (Wildman–Crippen LogP) is 2.25. The molecule has 0 radical (unpaired) electrons. The second-order valence-corrected chi connectivity index (χ2v) is 6.99. The van der Waals surface area contributed by atoms with Crippen LogP contribution < -0.4 is 14.2 Å². The van der Waals surface area contributed by atoms with E-state index >= 15 is 0 Å². The van der Waals surface area contributed by atoms with Crippen LogP contribution in [0.4, 0.5) is 4.39 Å². The fraction of sp³-hybridized carbons (Fsp3) is 0.250. The maximum atomic E-state index is 13.1. The zero-order chi connectivity index (χ0) is 16.4. The van der Waals surface area contributed by atoms with E-state index in [0.29, 0.717) is 17.1 Å². The molecule has 0 saturated heterocycles. The minimum Gasteiger partial charge on any atom is -0.486 e. The third-order valence-electron chi connectivity index (χ3n) is 3.50. The van der Waals surface area contributed by atoms with Crippen LogP contribution in [0.3, 0.4) is 0 Å². The summed E-state index contributed by atoms with van der Waals surface area (Å²) in [7, 11) is -3.74. The molecule has 0 spiro atoms. The van der Waals surface area contributed by atoms with Crippen LogP contribution in [0.15, 0.2) is 47.4 Å². The van der Waals surface area contributed by atoms with Crippen molar-refractivity contribution in [1.29, 1.82) is 0 Å². The molecule has 0 amide bonds. The van der Waals surface area contributed by atoms with Gasteiger partial charge >= 0.3 is 0 Å². The molecule has 1 N–H and O–H groups in total. The summed E-state index contributed by atoms with van der Waals surface area (Å²) in [6, 6.07) is 10.8. The number of sulfonamides is 1. The molecule has 3 rings (SSSR count). The molecule has 0 fully saturated rings. The summed E-state index contributed by atoms with van der Waals surface area (Å²) >= 11 is 0. The van der Waals surface area contributed by atoms with Gasteiger partial charge in [0.25, 0.3) is 0 Å². The SMILES string of the molecule is Cc1cc(F)ccc1S(=O)(=O)NCC1COc2ccccc2O1. The van der Waals surface area contributed by atoms with Crippen molar-refractivity contribution in [2.75, 3.05) is 13.2 Å². The number of benzene rings is 2. The standard InChI is InChI=1S/C16H16FNO4S/c1-11-8-12(17)6-7-16(11)23(19,20)18-9-13-10-21-14-4-2-3-5-15(14)22-13/h2-8,13,18H,9-10H2,1H3. The third-order valence-corrected chi connectivity index (χ3v) is 5.08. The van der Waals surface area contributed by atoms with Crippen LogP contribution in [0.25, 0.3) is 0 Å². The highest BCUT2D eigenvalue weighted by Crippen LogP contribution is 2.30. The monoisotopic (exact) mass is 337 g/mol. The van der Waals surface area contributed by atoms with Crippen molar-refractivity contribution in [2.24, 2.45) is 0 Å². The van der Waals surface area contributed by atoms with Crippen molar-refractivity contribution in [3.8, 4) is 11.5 Å². The van der Waals surface area contributed by atoms with Gasteiger partial charge in [0.15, 0.2) is 11.5 Å². The van der Waals surface area contributed by atoms with E-state index in [2.05, 4.69) is 4.72 Å². The average molecular weight is 337 g/mol. The van der Waals surface area contributed by atoms with Crippen molar-refractivity contribution in [1.82, 2.24) is 4.72 Å². The topological polar surface area (TPSA) is 64.6 Å². The largest absolute Gasteiger partial charge is 0.486 e. The zero-order valence-corrected chi connectivity index (χ0v) is 13.3. The number of hydrogen-bond acceptors (Lipinski definition) is 4. The minimum absolute atomic E-state index is 0.0519. The molecule has 0 bridgehead atoms. The van der Waals surface area contributed by atoms with Gasteiger partial charge < -0.3 is 9.47 Å². The molecular weight excluding hydrogens is 321 g/mol. The van der Waals surface area contributed by atoms with Crippen molar-refractivity contribution in [3.05, 3.63) is 53.8 Å². The Labute approximate surface area is 134 Å². The summed E-state index contributed by atoms with van der Waals surface area (Å²) in [6.07, 6.45) is -0.430. The van der Waals surface area contributed by atoms with Crippen LogP contribution in [0.2, 0.25) is 0 Å². The summed E-state index contributed by atoms with van der Waals surface area (Å²) in [6.45, 7) is 1.86. The van der Waals surface area contributed by atoms with E-state index in [4.69, 9.17) is 9.47 Å². The Morgan fingerprint density at radius 2 is 1.96 bits per heavy atom. The lowest BCUT2D eigenvalue weighted by Gasteiger charge is -2.26. The fourth-order valence-corrected chi connectivity index (χ4v) is 3.65.